The van der Waals surface area contributed by atoms with Crippen LogP contribution in [-0.2, 0) is 12.6 Å². The minimum absolute atomic E-state index is 0.0261. The van der Waals surface area contributed by atoms with Gasteiger partial charge in [-0.15, -0.1) is 0 Å². The summed E-state index contributed by atoms with van der Waals surface area (Å²) in [4.78, 5) is 0. The van der Waals surface area contributed by atoms with Gasteiger partial charge in [-0.25, -0.2) is 0 Å². The normalized spacial score (nSPS) is 13.2. The molecule has 0 aromatic heterocycles. The second kappa shape index (κ2) is 6.20. The Labute approximate surface area is 129 Å². The van der Waals surface area contributed by atoms with Gasteiger partial charge in [0, 0.05) is 10.9 Å². The van der Waals surface area contributed by atoms with Crippen LogP contribution in [0.25, 0.3) is 0 Å². The average molecular weight is 359 g/mol. The molecule has 2 rings (SSSR count). The van der Waals surface area contributed by atoms with Crippen molar-refractivity contribution in [2.75, 3.05) is 0 Å². The Balaban J connectivity index is 2.28. The maximum Gasteiger partial charge on any atom is 0.417 e. The van der Waals surface area contributed by atoms with E-state index in [0.717, 1.165) is 17.2 Å². The minimum atomic E-state index is -4.45. The number of aliphatic hydroxyl groups is 1. The van der Waals surface area contributed by atoms with Crippen LogP contribution in [0.15, 0.2) is 46.9 Å². The lowest BCUT2D eigenvalue weighted by Crippen LogP contribution is -2.09. The Hall–Kier alpha value is -1.33. The third kappa shape index (κ3) is 3.86. The van der Waals surface area contributed by atoms with Crippen LogP contribution in [0.4, 0.5) is 13.2 Å². The molecule has 1 unspecified atom stereocenters. The summed E-state index contributed by atoms with van der Waals surface area (Å²) < 4.78 is 38.6. The first-order valence-corrected chi connectivity index (χ1v) is 7.17. The lowest BCUT2D eigenvalue weighted by atomic mass is 9.97. The number of alkyl halides is 3. The molecule has 0 aliphatic rings. The molecule has 5 heteroatoms. The molecule has 0 saturated carbocycles. The molecular weight excluding hydrogens is 345 g/mol. The molecule has 2 aromatic rings. The molecular formula is C16H14BrF3O. The van der Waals surface area contributed by atoms with Gasteiger partial charge in [-0.1, -0.05) is 46.3 Å². The number of benzene rings is 2. The van der Waals surface area contributed by atoms with Crippen LogP contribution in [0.5, 0.6) is 0 Å². The number of hydrogen-bond donors (Lipinski definition) is 1. The van der Waals surface area contributed by atoms with Crippen LogP contribution < -0.4 is 0 Å². The minimum Gasteiger partial charge on any atom is -0.388 e. The molecule has 0 amide bonds. The van der Waals surface area contributed by atoms with Crippen molar-refractivity contribution in [3.05, 3.63) is 69.2 Å². The molecule has 0 radical (unpaired) electrons. The Morgan fingerprint density at radius 1 is 1.14 bits per heavy atom. The first kappa shape index (κ1) is 16.0. The van der Waals surface area contributed by atoms with Gasteiger partial charge in [-0.3, -0.25) is 0 Å². The van der Waals surface area contributed by atoms with Crippen molar-refractivity contribution >= 4 is 15.9 Å². The van der Waals surface area contributed by atoms with Gasteiger partial charge in [0.05, 0.1) is 11.7 Å². The first-order chi connectivity index (χ1) is 9.79. The topological polar surface area (TPSA) is 20.2 Å². The lowest BCUT2D eigenvalue weighted by molar-refractivity contribution is -0.138. The van der Waals surface area contributed by atoms with Gasteiger partial charge in [0.25, 0.3) is 0 Å². The van der Waals surface area contributed by atoms with Crippen LogP contribution in [0.3, 0.4) is 0 Å². The lowest BCUT2D eigenvalue weighted by Gasteiger charge is -2.16. The maximum atomic E-state index is 12.9. The van der Waals surface area contributed by atoms with Gasteiger partial charge in [0.1, 0.15) is 0 Å². The average Bonchev–Trinajstić information content (AvgIpc) is 2.40. The molecule has 112 valence electrons. The molecule has 1 nitrogen and oxygen atoms in total. The van der Waals surface area contributed by atoms with E-state index in [0.29, 0.717) is 0 Å². The molecule has 0 fully saturated rings. The van der Waals surface area contributed by atoms with Crippen molar-refractivity contribution in [3.63, 3.8) is 0 Å². The number of rotatable bonds is 3. The molecule has 0 saturated heterocycles. The van der Waals surface area contributed by atoms with E-state index in [1.165, 1.54) is 12.1 Å². The SMILES string of the molecule is Cc1ccccc1CC(O)c1ccc(Br)c(C(F)(F)F)c1. The van der Waals surface area contributed by atoms with Gasteiger partial charge in [0.2, 0.25) is 0 Å². The first-order valence-electron chi connectivity index (χ1n) is 6.38. The molecule has 1 N–H and O–H groups in total. The highest BCUT2D eigenvalue weighted by atomic mass is 79.9. The summed E-state index contributed by atoms with van der Waals surface area (Å²) in [6.07, 6.45) is -5.14. The zero-order chi connectivity index (χ0) is 15.6. The summed E-state index contributed by atoms with van der Waals surface area (Å²) in [5, 5.41) is 10.2. The molecule has 0 spiro atoms. The molecule has 0 aliphatic carbocycles. The van der Waals surface area contributed by atoms with E-state index in [2.05, 4.69) is 15.9 Å². The van der Waals surface area contributed by atoms with Crippen molar-refractivity contribution in [3.8, 4) is 0 Å². The van der Waals surface area contributed by atoms with Crippen LogP contribution >= 0.6 is 15.9 Å². The number of aryl methyl sites for hydroxylation is 1. The van der Waals surface area contributed by atoms with Crippen molar-refractivity contribution < 1.29 is 18.3 Å². The van der Waals surface area contributed by atoms with Crippen LogP contribution in [0.2, 0.25) is 0 Å². The molecule has 1 atom stereocenters. The zero-order valence-corrected chi connectivity index (χ0v) is 12.9. The second-order valence-corrected chi connectivity index (χ2v) is 5.74. The highest BCUT2D eigenvalue weighted by molar-refractivity contribution is 9.10. The Kier molecular flexibility index (Phi) is 4.74. The summed E-state index contributed by atoms with van der Waals surface area (Å²) in [6.45, 7) is 1.91. The Morgan fingerprint density at radius 2 is 1.81 bits per heavy atom. The van der Waals surface area contributed by atoms with Gasteiger partial charge in [-0.05, 0) is 35.7 Å². The molecule has 21 heavy (non-hydrogen) atoms. The van der Waals surface area contributed by atoms with E-state index in [9.17, 15) is 18.3 Å². The fourth-order valence-electron chi connectivity index (χ4n) is 2.13. The largest absolute Gasteiger partial charge is 0.417 e. The highest BCUT2D eigenvalue weighted by Gasteiger charge is 2.33. The summed E-state index contributed by atoms with van der Waals surface area (Å²) in [5.74, 6) is 0. The van der Waals surface area contributed by atoms with Crippen LogP contribution in [-0.4, -0.2) is 5.11 Å². The van der Waals surface area contributed by atoms with Gasteiger partial charge in [-0.2, -0.15) is 13.2 Å². The quantitative estimate of drug-likeness (QED) is 0.813. The smallest absolute Gasteiger partial charge is 0.388 e. The molecule has 0 aliphatic heterocycles. The Morgan fingerprint density at radius 3 is 2.43 bits per heavy atom. The zero-order valence-electron chi connectivity index (χ0n) is 11.3. The Bertz CT molecular complexity index is 638. The molecule has 0 bridgehead atoms. The van der Waals surface area contributed by atoms with E-state index < -0.39 is 17.8 Å². The predicted molar refractivity (Wildman–Crippen MR) is 79.0 cm³/mol. The molecule has 0 heterocycles. The predicted octanol–water partition coefficient (Wildman–Crippen LogP) is 5.05. The van der Waals surface area contributed by atoms with Crippen LogP contribution in [0, 0.1) is 6.92 Å². The summed E-state index contributed by atoms with van der Waals surface area (Å²) >= 11 is 2.89. The maximum absolute atomic E-state index is 12.9. The summed E-state index contributed by atoms with van der Waals surface area (Å²) in [6, 6.07) is 11.3. The fourth-order valence-corrected chi connectivity index (χ4v) is 2.60. The third-order valence-corrected chi connectivity index (χ3v) is 4.05. The van der Waals surface area contributed by atoms with E-state index in [1.807, 2.05) is 31.2 Å². The van der Waals surface area contributed by atoms with Crippen molar-refractivity contribution in [1.82, 2.24) is 0 Å². The van der Waals surface area contributed by atoms with Gasteiger partial charge < -0.3 is 5.11 Å². The standard InChI is InChI=1S/C16H14BrF3O/c1-10-4-2-3-5-11(10)9-15(21)12-6-7-14(17)13(8-12)16(18,19)20/h2-8,15,21H,9H2,1H3. The van der Waals surface area contributed by atoms with Crippen molar-refractivity contribution in [2.24, 2.45) is 0 Å². The van der Waals surface area contributed by atoms with E-state index in [1.54, 1.807) is 0 Å². The highest BCUT2D eigenvalue weighted by Crippen LogP contribution is 2.36. The molecule has 2 aromatic carbocycles. The van der Waals surface area contributed by atoms with Crippen molar-refractivity contribution in [2.45, 2.75) is 25.6 Å². The van der Waals surface area contributed by atoms with Crippen molar-refractivity contribution in [1.29, 1.82) is 0 Å². The van der Waals surface area contributed by atoms with E-state index in [-0.39, 0.29) is 16.5 Å². The summed E-state index contributed by atoms with van der Waals surface area (Å²) in [5.41, 5.74) is 1.41. The number of hydrogen-bond acceptors (Lipinski definition) is 1. The second-order valence-electron chi connectivity index (χ2n) is 4.88. The van der Waals surface area contributed by atoms with E-state index in [4.69, 9.17) is 0 Å². The number of halogens is 4. The third-order valence-electron chi connectivity index (χ3n) is 3.36. The van der Waals surface area contributed by atoms with Crippen LogP contribution in [0.1, 0.15) is 28.4 Å². The van der Waals surface area contributed by atoms with Gasteiger partial charge in [0.15, 0.2) is 0 Å². The van der Waals surface area contributed by atoms with E-state index >= 15 is 0 Å². The monoisotopic (exact) mass is 358 g/mol. The number of aliphatic hydroxyl groups excluding tert-OH is 1. The van der Waals surface area contributed by atoms with Gasteiger partial charge >= 0.3 is 6.18 Å². The fraction of sp³-hybridized carbons (Fsp3) is 0.250. The summed E-state index contributed by atoms with van der Waals surface area (Å²) in [7, 11) is 0.